The van der Waals surface area contributed by atoms with Gasteiger partial charge in [-0.2, -0.15) is 0 Å². The number of ketones is 1. The summed E-state index contributed by atoms with van der Waals surface area (Å²) in [6.45, 7) is 3.69. The van der Waals surface area contributed by atoms with E-state index in [1.165, 1.54) is 29.7 Å². The SMILES string of the molecule is CCCCc1cn(-c2c(F)cccc2C(C)=O)c(=O)n1Cc1ccc(-c2ccccc2-c2nnn[nH]2)nc1. The number of unbranched alkanes of at least 4 members (excludes halogenated alkanes) is 1. The number of aryl methyl sites for hydroxylation is 1. The van der Waals surface area contributed by atoms with Gasteiger partial charge in [-0.25, -0.2) is 14.3 Å². The maximum Gasteiger partial charge on any atom is 0.333 e. The first-order valence-electron chi connectivity index (χ1n) is 12.4. The number of nitrogens with zero attached hydrogens (tertiary/aromatic N) is 6. The second-order valence-electron chi connectivity index (χ2n) is 9.00. The summed E-state index contributed by atoms with van der Waals surface area (Å²) in [5, 5.41) is 14.1. The average molecular weight is 512 g/mol. The number of tetrazole rings is 1. The third-order valence-electron chi connectivity index (χ3n) is 6.42. The third-order valence-corrected chi connectivity index (χ3v) is 6.42. The van der Waals surface area contributed by atoms with Crippen molar-refractivity contribution in [3.63, 3.8) is 0 Å². The number of hydrogen-bond donors (Lipinski definition) is 1. The monoisotopic (exact) mass is 511 g/mol. The number of benzene rings is 2. The maximum atomic E-state index is 14.9. The Morgan fingerprint density at radius 3 is 2.55 bits per heavy atom. The van der Waals surface area contributed by atoms with Gasteiger partial charge >= 0.3 is 5.69 Å². The topological polar surface area (TPSA) is 111 Å². The van der Waals surface area contributed by atoms with Crippen molar-refractivity contribution < 1.29 is 9.18 Å². The summed E-state index contributed by atoms with van der Waals surface area (Å²) in [7, 11) is 0. The average Bonchev–Trinajstić information content (AvgIpc) is 3.57. The number of pyridine rings is 1. The molecule has 0 bridgehead atoms. The van der Waals surface area contributed by atoms with E-state index in [4.69, 9.17) is 0 Å². The van der Waals surface area contributed by atoms with Crippen molar-refractivity contribution >= 4 is 5.78 Å². The fourth-order valence-electron chi connectivity index (χ4n) is 4.50. The molecule has 3 heterocycles. The van der Waals surface area contributed by atoms with Gasteiger partial charge in [0.15, 0.2) is 11.6 Å². The van der Waals surface area contributed by atoms with E-state index in [0.29, 0.717) is 12.2 Å². The molecule has 0 aliphatic heterocycles. The van der Waals surface area contributed by atoms with E-state index in [2.05, 4.69) is 32.5 Å². The molecule has 0 aliphatic rings. The van der Waals surface area contributed by atoms with Gasteiger partial charge in [-0.15, -0.1) is 5.10 Å². The fourth-order valence-corrected chi connectivity index (χ4v) is 4.50. The van der Waals surface area contributed by atoms with Crippen molar-refractivity contribution in [2.45, 2.75) is 39.7 Å². The molecule has 3 aromatic heterocycles. The first-order chi connectivity index (χ1) is 18.5. The van der Waals surface area contributed by atoms with Crippen LogP contribution in [0.3, 0.4) is 0 Å². The van der Waals surface area contributed by atoms with Gasteiger partial charge in [0, 0.05) is 34.8 Å². The maximum absolute atomic E-state index is 14.9. The van der Waals surface area contributed by atoms with Crippen LogP contribution in [0.15, 0.2) is 71.8 Å². The second kappa shape index (κ2) is 10.7. The summed E-state index contributed by atoms with van der Waals surface area (Å²) in [5.41, 5.74) is 3.73. The highest BCUT2D eigenvalue weighted by Gasteiger charge is 2.20. The lowest BCUT2D eigenvalue weighted by atomic mass is 10.0. The number of nitrogens with one attached hydrogen (secondary N) is 1. The summed E-state index contributed by atoms with van der Waals surface area (Å²) in [6, 6.07) is 15.7. The largest absolute Gasteiger partial charge is 0.333 e. The van der Waals surface area contributed by atoms with E-state index in [-0.39, 0.29) is 23.6 Å². The van der Waals surface area contributed by atoms with E-state index in [9.17, 15) is 14.0 Å². The number of Topliss-reactive ketones (excluding diaryl/α,β-unsaturated/α-hetero) is 1. The highest BCUT2D eigenvalue weighted by Crippen LogP contribution is 2.28. The molecule has 0 spiro atoms. The Morgan fingerprint density at radius 2 is 1.87 bits per heavy atom. The molecule has 0 atom stereocenters. The lowest BCUT2D eigenvalue weighted by Gasteiger charge is -2.10. The van der Waals surface area contributed by atoms with Crippen LogP contribution in [0.1, 0.15) is 48.3 Å². The third kappa shape index (κ3) is 4.80. The van der Waals surface area contributed by atoms with Crippen LogP contribution >= 0.6 is 0 Å². The molecular weight excluding hydrogens is 485 g/mol. The van der Waals surface area contributed by atoms with Crippen LogP contribution in [0.25, 0.3) is 28.3 Å². The number of imidazole rings is 1. The van der Waals surface area contributed by atoms with Gasteiger partial charge in [-0.05, 0) is 54.0 Å². The van der Waals surface area contributed by atoms with E-state index < -0.39 is 11.5 Å². The Hall–Kier alpha value is -4.73. The lowest BCUT2D eigenvalue weighted by Crippen LogP contribution is -2.26. The van der Waals surface area contributed by atoms with E-state index in [0.717, 1.165) is 40.9 Å². The Balaban J connectivity index is 1.51. The molecule has 0 amide bonds. The van der Waals surface area contributed by atoms with Gasteiger partial charge in [0.2, 0.25) is 0 Å². The summed E-state index contributed by atoms with van der Waals surface area (Å²) in [4.78, 5) is 30.4. The van der Waals surface area contributed by atoms with Crippen molar-refractivity contribution in [3.05, 3.63) is 100 Å². The van der Waals surface area contributed by atoms with E-state index in [1.807, 2.05) is 36.4 Å². The zero-order chi connectivity index (χ0) is 26.6. The Morgan fingerprint density at radius 1 is 1.05 bits per heavy atom. The molecule has 9 nitrogen and oxygen atoms in total. The number of aromatic amines is 1. The normalized spacial score (nSPS) is 11.1. The number of hydrogen-bond acceptors (Lipinski definition) is 6. The van der Waals surface area contributed by atoms with Crippen LogP contribution in [-0.2, 0) is 13.0 Å². The van der Waals surface area contributed by atoms with Crippen molar-refractivity contribution in [3.8, 4) is 28.3 Å². The molecule has 0 fully saturated rings. The van der Waals surface area contributed by atoms with Crippen molar-refractivity contribution in [2.24, 2.45) is 0 Å². The molecule has 192 valence electrons. The van der Waals surface area contributed by atoms with Crippen LogP contribution < -0.4 is 5.69 Å². The van der Waals surface area contributed by atoms with E-state index in [1.54, 1.807) is 17.0 Å². The summed E-state index contributed by atoms with van der Waals surface area (Å²) >= 11 is 0. The highest BCUT2D eigenvalue weighted by molar-refractivity contribution is 5.97. The minimum absolute atomic E-state index is 0.0199. The molecule has 0 radical (unpaired) electrons. The predicted octanol–water partition coefficient (Wildman–Crippen LogP) is 4.61. The molecule has 0 aliphatic carbocycles. The molecule has 2 aromatic carbocycles. The molecule has 0 saturated heterocycles. The fraction of sp³-hybridized carbons (Fsp3) is 0.214. The van der Waals surface area contributed by atoms with Gasteiger partial charge in [0.1, 0.15) is 5.82 Å². The quantitative estimate of drug-likeness (QED) is 0.289. The van der Waals surface area contributed by atoms with Crippen LogP contribution in [0.2, 0.25) is 0 Å². The Labute approximate surface area is 218 Å². The van der Waals surface area contributed by atoms with Gasteiger partial charge in [0.05, 0.1) is 17.9 Å². The molecule has 5 rings (SSSR count). The standard InChI is InChI=1S/C28H26FN7O2/c1-3-4-8-20-17-36(26-21(18(2)37)11-7-12-24(26)29)28(38)35(20)16-19-13-14-25(30-15-19)22-9-5-6-10-23(22)27-31-33-34-32-27/h5-7,9-15,17H,3-4,8,16H2,1-2H3,(H,31,32,33,34). The number of carbonyl (C=O) groups excluding carboxylic acids is 1. The number of carbonyl (C=O) groups is 1. The van der Waals surface area contributed by atoms with Crippen LogP contribution in [0, 0.1) is 5.82 Å². The Kier molecular flexibility index (Phi) is 7.03. The first-order valence-corrected chi connectivity index (χ1v) is 12.4. The van der Waals surface area contributed by atoms with Gasteiger partial charge in [0.25, 0.3) is 0 Å². The summed E-state index contributed by atoms with van der Waals surface area (Å²) in [6.07, 6.45) is 5.82. The Bertz CT molecular complexity index is 1640. The van der Waals surface area contributed by atoms with Crippen LogP contribution in [-0.4, -0.2) is 40.5 Å². The summed E-state index contributed by atoms with van der Waals surface area (Å²) in [5.74, 6) is -0.390. The molecule has 38 heavy (non-hydrogen) atoms. The molecule has 1 N–H and O–H groups in total. The van der Waals surface area contributed by atoms with Gasteiger partial charge in [-0.1, -0.05) is 49.7 Å². The van der Waals surface area contributed by atoms with E-state index >= 15 is 0 Å². The zero-order valence-corrected chi connectivity index (χ0v) is 21.1. The van der Waals surface area contributed by atoms with Gasteiger partial charge in [-0.3, -0.25) is 18.9 Å². The minimum Gasteiger partial charge on any atom is -0.294 e. The minimum atomic E-state index is -0.620. The highest BCUT2D eigenvalue weighted by atomic mass is 19.1. The van der Waals surface area contributed by atoms with Crippen molar-refractivity contribution in [2.75, 3.05) is 0 Å². The second-order valence-corrected chi connectivity index (χ2v) is 9.00. The first kappa shape index (κ1) is 24.9. The number of H-pyrrole nitrogens is 1. The molecular formula is C28H26FN7O2. The molecule has 5 aromatic rings. The van der Waals surface area contributed by atoms with Crippen molar-refractivity contribution in [1.82, 2.24) is 34.7 Å². The molecule has 0 saturated carbocycles. The van der Waals surface area contributed by atoms with Crippen LogP contribution in [0.5, 0.6) is 0 Å². The van der Waals surface area contributed by atoms with Gasteiger partial charge < -0.3 is 0 Å². The molecule has 10 heteroatoms. The molecule has 0 unspecified atom stereocenters. The number of rotatable bonds is 9. The van der Waals surface area contributed by atoms with Crippen LogP contribution in [0.4, 0.5) is 4.39 Å². The predicted molar refractivity (Wildman–Crippen MR) is 141 cm³/mol. The number of para-hydroxylation sites is 1. The summed E-state index contributed by atoms with van der Waals surface area (Å²) < 4.78 is 17.8. The zero-order valence-electron chi connectivity index (χ0n) is 21.1. The van der Waals surface area contributed by atoms with Crippen molar-refractivity contribution in [1.29, 1.82) is 0 Å². The number of halogens is 1. The smallest absolute Gasteiger partial charge is 0.294 e. The number of aromatic nitrogens is 7. The lowest BCUT2D eigenvalue weighted by molar-refractivity contribution is 0.101.